The Morgan fingerprint density at radius 2 is 1.95 bits per heavy atom. The molecule has 1 saturated carbocycles. The number of nitrogens with one attached hydrogen (secondary N) is 1. The maximum absolute atomic E-state index is 9.74. The molecule has 0 radical (unpaired) electrons. The van der Waals surface area contributed by atoms with Crippen LogP contribution in [0.1, 0.15) is 37.0 Å². The number of benzene rings is 1. The van der Waals surface area contributed by atoms with Gasteiger partial charge < -0.3 is 10.4 Å². The topological polar surface area (TPSA) is 32.3 Å². The van der Waals surface area contributed by atoms with Gasteiger partial charge in [0.15, 0.2) is 0 Å². The second kappa shape index (κ2) is 6.02. The molecule has 0 spiro atoms. The minimum Gasteiger partial charge on any atom is -0.394 e. The maximum Gasteiger partial charge on any atom is 0.0636 e. The molecule has 0 atom stereocenters. The predicted molar refractivity (Wildman–Crippen MR) is 86.6 cm³/mol. The van der Waals surface area contributed by atoms with Crippen LogP contribution in [0.3, 0.4) is 0 Å². The third-order valence-electron chi connectivity index (χ3n) is 4.34. The number of hydrogen-bond donors (Lipinski definition) is 2. The highest BCUT2D eigenvalue weighted by Crippen LogP contribution is 2.36. The first kappa shape index (κ1) is 14.3. The highest BCUT2D eigenvalue weighted by molar-refractivity contribution is 7.19. The summed E-state index contributed by atoms with van der Waals surface area (Å²) in [6.45, 7) is 0.967. The quantitative estimate of drug-likeness (QED) is 0.880. The van der Waals surface area contributed by atoms with Crippen LogP contribution in [0, 0.1) is 0 Å². The van der Waals surface area contributed by atoms with E-state index in [1.807, 2.05) is 12.1 Å². The Morgan fingerprint density at radius 3 is 2.65 bits per heavy atom. The Morgan fingerprint density at radius 1 is 1.20 bits per heavy atom. The fourth-order valence-corrected chi connectivity index (χ4v) is 4.50. The van der Waals surface area contributed by atoms with Gasteiger partial charge in [0.2, 0.25) is 0 Å². The monoisotopic (exact) mass is 309 g/mol. The minimum atomic E-state index is -0.0995. The molecule has 1 aromatic heterocycles. The van der Waals surface area contributed by atoms with Crippen LogP contribution >= 0.6 is 22.9 Å². The van der Waals surface area contributed by atoms with Gasteiger partial charge in [0, 0.05) is 27.0 Å². The van der Waals surface area contributed by atoms with E-state index in [1.54, 1.807) is 11.3 Å². The first-order valence-corrected chi connectivity index (χ1v) is 8.45. The number of aliphatic hydroxyl groups is 1. The van der Waals surface area contributed by atoms with Gasteiger partial charge in [-0.25, -0.2) is 0 Å². The Hall–Kier alpha value is -0.610. The molecule has 0 amide bonds. The third kappa shape index (κ3) is 2.73. The van der Waals surface area contributed by atoms with E-state index >= 15 is 0 Å². The molecule has 0 saturated heterocycles. The van der Waals surface area contributed by atoms with Crippen molar-refractivity contribution in [3.05, 3.63) is 34.2 Å². The van der Waals surface area contributed by atoms with Crippen LogP contribution in [0.2, 0.25) is 5.02 Å². The van der Waals surface area contributed by atoms with Crippen molar-refractivity contribution in [1.82, 2.24) is 5.32 Å². The number of thiophene rings is 1. The van der Waals surface area contributed by atoms with Crippen molar-refractivity contribution < 1.29 is 5.11 Å². The van der Waals surface area contributed by atoms with Crippen molar-refractivity contribution in [3.8, 4) is 0 Å². The molecule has 2 N–H and O–H groups in total. The Kier molecular flexibility index (Phi) is 4.32. The zero-order chi connectivity index (χ0) is 14.0. The number of aliphatic hydroxyl groups excluding tert-OH is 1. The van der Waals surface area contributed by atoms with Crippen molar-refractivity contribution in [2.75, 3.05) is 6.61 Å². The molecule has 20 heavy (non-hydrogen) atoms. The lowest BCUT2D eigenvalue weighted by atomic mass is 9.82. The van der Waals surface area contributed by atoms with Gasteiger partial charge in [0.1, 0.15) is 0 Å². The molecule has 1 aromatic carbocycles. The second-order valence-electron chi connectivity index (χ2n) is 5.69. The molecular formula is C16H20ClNOS. The average Bonchev–Trinajstić information content (AvgIpc) is 2.83. The van der Waals surface area contributed by atoms with Crippen molar-refractivity contribution >= 4 is 33.0 Å². The predicted octanol–water partition coefficient (Wildman–Crippen LogP) is 4.34. The maximum atomic E-state index is 9.74. The molecule has 0 bridgehead atoms. The third-order valence-corrected chi connectivity index (χ3v) is 6.05. The van der Waals surface area contributed by atoms with Gasteiger partial charge in [0.25, 0.3) is 0 Å². The van der Waals surface area contributed by atoms with Crippen LogP contribution in [-0.2, 0) is 6.54 Å². The standard InChI is InChI=1S/C16H20ClNOS/c17-15-12-6-2-3-7-13(12)20-14(15)10-18-16(11-19)8-4-1-5-9-16/h2-3,6-7,18-19H,1,4-5,8-11H2. The lowest BCUT2D eigenvalue weighted by molar-refractivity contribution is 0.120. The van der Waals surface area contributed by atoms with Crippen molar-refractivity contribution in [2.24, 2.45) is 0 Å². The van der Waals surface area contributed by atoms with E-state index in [9.17, 15) is 5.11 Å². The molecule has 1 heterocycles. The van der Waals surface area contributed by atoms with Crippen molar-refractivity contribution in [2.45, 2.75) is 44.2 Å². The van der Waals surface area contributed by atoms with Gasteiger partial charge in [-0.2, -0.15) is 0 Å². The summed E-state index contributed by atoms with van der Waals surface area (Å²) in [5.74, 6) is 0. The Bertz CT molecular complexity index is 589. The van der Waals surface area contributed by atoms with Crippen LogP contribution in [0.25, 0.3) is 10.1 Å². The minimum absolute atomic E-state index is 0.0995. The normalized spacial score (nSPS) is 18.5. The highest BCUT2D eigenvalue weighted by atomic mass is 35.5. The van der Waals surface area contributed by atoms with Gasteiger partial charge in [-0.3, -0.25) is 0 Å². The van der Waals surface area contributed by atoms with Gasteiger partial charge >= 0.3 is 0 Å². The number of fused-ring (bicyclic) bond motifs is 1. The van der Waals surface area contributed by atoms with E-state index in [2.05, 4.69) is 17.4 Å². The van der Waals surface area contributed by atoms with Crippen LogP contribution in [0.15, 0.2) is 24.3 Å². The van der Waals surface area contributed by atoms with E-state index in [4.69, 9.17) is 11.6 Å². The number of rotatable bonds is 4. The van der Waals surface area contributed by atoms with E-state index in [1.165, 1.54) is 28.8 Å². The summed E-state index contributed by atoms with van der Waals surface area (Å²) in [6, 6.07) is 8.25. The number of hydrogen-bond acceptors (Lipinski definition) is 3. The molecule has 1 aliphatic carbocycles. The van der Waals surface area contributed by atoms with Gasteiger partial charge in [-0.15, -0.1) is 11.3 Å². The first-order chi connectivity index (χ1) is 9.74. The summed E-state index contributed by atoms with van der Waals surface area (Å²) < 4.78 is 1.23. The van der Waals surface area contributed by atoms with Gasteiger partial charge in [-0.05, 0) is 18.9 Å². The zero-order valence-electron chi connectivity index (χ0n) is 11.5. The molecule has 1 fully saturated rings. The molecule has 2 aromatic rings. The van der Waals surface area contributed by atoms with Crippen molar-refractivity contribution in [3.63, 3.8) is 0 Å². The molecule has 0 unspecified atom stereocenters. The largest absolute Gasteiger partial charge is 0.394 e. The fraction of sp³-hybridized carbons (Fsp3) is 0.500. The van der Waals surface area contributed by atoms with E-state index < -0.39 is 0 Å². The lowest BCUT2D eigenvalue weighted by Crippen LogP contribution is -2.49. The summed E-state index contributed by atoms with van der Waals surface area (Å²) in [5, 5.41) is 15.3. The SMILES string of the molecule is OCC1(NCc2sc3ccccc3c2Cl)CCCCC1. The highest BCUT2D eigenvalue weighted by Gasteiger charge is 2.30. The first-order valence-electron chi connectivity index (χ1n) is 7.26. The second-order valence-corrected chi connectivity index (χ2v) is 7.20. The van der Waals surface area contributed by atoms with E-state index in [-0.39, 0.29) is 12.1 Å². The van der Waals surface area contributed by atoms with Crippen LogP contribution in [0.4, 0.5) is 0 Å². The van der Waals surface area contributed by atoms with Crippen LogP contribution in [-0.4, -0.2) is 17.3 Å². The van der Waals surface area contributed by atoms with Gasteiger partial charge in [0.05, 0.1) is 11.6 Å². The van der Waals surface area contributed by atoms with E-state index in [0.29, 0.717) is 0 Å². The summed E-state index contributed by atoms with van der Waals surface area (Å²) in [5.41, 5.74) is -0.0995. The summed E-state index contributed by atoms with van der Waals surface area (Å²) in [7, 11) is 0. The molecule has 108 valence electrons. The lowest BCUT2D eigenvalue weighted by Gasteiger charge is -2.36. The zero-order valence-corrected chi connectivity index (χ0v) is 13.1. The molecule has 3 rings (SSSR count). The molecule has 2 nitrogen and oxygen atoms in total. The Balaban J connectivity index is 1.77. The summed E-state index contributed by atoms with van der Waals surface area (Å²) >= 11 is 8.22. The van der Waals surface area contributed by atoms with E-state index in [0.717, 1.165) is 29.8 Å². The molecule has 0 aliphatic heterocycles. The molecule has 4 heteroatoms. The molecule has 1 aliphatic rings. The summed E-state index contributed by atoms with van der Waals surface area (Å²) in [6.07, 6.45) is 5.81. The summed E-state index contributed by atoms with van der Waals surface area (Å²) in [4.78, 5) is 1.17. The fourth-order valence-electron chi connectivity index (χ4n) is 3.07. The number of halogens is 1. The smallest absolute Gasteiger partial charge is 0.0636 e. The average molecular weight is 310 g/mol. The van der Waals surface area contributed by atoms with Crippen LogP contribution in [0.5, 0.6) is 0 Å². The van der Waals surface area contributed by atoms with Crippen LogP contribution < -0.4 is 5.32 Å². The van der Waals surface area contributed by atoms with Crippen molar-refractivity contribution in [1.29, 1.82) is 0 Å². The van der Waals surface area contributed by atoms with Gasteiger partial charge in [-0.1, -0.05) is 49.1 Å². The Labute approximate surface area is 128 Å². The molecular weight excluding hydrogens is 290 g/mol.